The second kappa shape index (κ2) is 3.54. The maximum Gasteiger partial charge on any atom is 0.255 e. The van der Waals surface area contributed by atoms with Gasteiger partial charge in [0.25, 0.3) is 5.79 Å². The Balaban J connectivity index is 2.30. The van der Waals surface area contributed by atoms with Crippen LogP contribution in [0.2, 0.25) is 0 Å². The van der Waals surface area contributed by atoms with Crippen molar-refractivity contribution in [1.82, 2.24) is 9.97 Å². The molecule has 0 aliphatic carbocycles. The molecule has 7 heteroatoms. The predicted molar refractivity (Wildman–Crippen MR) is 46.5 cm³/mol. The van der Waals surface area contributed by atoms with Crippen molar-refractivity contribution in [2.24, 2.45) is 0 Å². The molecule has 1 aliphatic rings. The monoisotopic (exact) mass is 216 g/mol. The van der Waals surface area contributed by atoms with Gasteiger partial charge in [0.05, 0.1) is 6.61 Å². The highest BCUT2D eigenvalue weighted by Crippen LogP contribution is 2.35. The summed E-state index contributed by atoms with van der Waals surface area (Å²) in [7, 11) is 0. The van der Waals surface area contributed by atoms with Crippen molar-refractivity contribution in [1.29, 1.82) is 0 Å². The number of imidazole rings is 1. The quantitative estimate of drug-likeness (QED) is 0.378. The van der Waals surface area contributed by atoms with E-state index in [0.29, 0.717) is 0 Å². The lowest BCUT2D eigenvalue weighted by Gasteiger charge is -2.23. The van der Waals surface area contributed by atoms with Gasteiger partial charge in [0.2, 0.25) is 0 Å². The maximum absolute atomic E-state index is 9.95. The van der Waals surface area contributed by atoms with E-state index in [0.717, 1.165) is 0 Å². The Hall–Kier alpha value is -0.990. The summed E-state index contributed by atoms with van der Waals surface area (Å²) in [4.78, 5) is 6.32. The van der Waals surface area contributed by atoms with Crippen LogP contribution in [0.5, 0.6) is 0 Å². The normalized spacial score (nSPS) is 40.9. The van der Waals surface area contributed by atoms with Crippen LogP contribution in [0.15, 0.2) is 12.4 Å². The maximum atomic E-state index is 9.95. The SMILES string of the molecule is OC[C@H]1O[C@@](O)(c2ncc[nH]2)[C@H](O)[C@@H]1O. The van der Waals surface area contributed by atoms with Gasteiger partial charge in [-0.05, 0) is 0 Å². The van der Waals surface area contributed by atoms with Crippen molar-refractivity contribution in [3.63, 3.8) is 0 Å². The van der Waals surface area contributed by atoms with Crippen LogP contribution in [0.25, 0.3) is 0 Å². The summed E-state index contributed by atoms with van der Waals surface area (Å²) < 4.78 is 4.98. The molecule has 1 aliphatic heterocycles. The molecule has 15 heavy (non-hydrogen) atoms. The Morgan fingerprint density at radius 2 is 2.27 bits per heavy atom. The average molecular weight is 216 g/mol. The molecule has 1 fully saturated rings. The molecule has 0 amide bonds. The lowest BCUT2D eigenvalue weighted by Crippen LogP contribution is -2.41. The van der Waals surface area contributed by atoms with E-state index in [1.54, 1.807) is 0 Å². The highest BCUT2D eigenvalue weighted by Gasteiger charge is 2.55. The predicted octanol–water partition coefficient (Wildman–Crippen LogP) is -2.33. The fourth-order valence-corrected chi connectivity index (χ4v) is 1.61. The van der Waals surface area contributed by atoms with E-state index in [1.807, 2.05) is 0 Å². The summed E-state index contributed by atoms with van der Waals surface area (Å²) in [5.41, 5.74) is 0. The van der Waals surface area contributed by atoms with Crippen LogP contribution >= 0.6 is 0 Å². The molecule has 0 bridgehead atoms. The number of aliphatic hydroxyl groups excluding tert-OH is 3. The minimum absolute atomic E-state index is 0.00926. The zero-order valence-corrected chi connectivity index (χ0v) is 7.74. The van der Waals surface area contributed by atoms with Crippen LogP contribution in [0.3, 0.4) is 0 Å². The van der Waals surface area contributed by atoms with Crippen LogP contribution < -0.4 is 0 Å². The molecule has 1 saturated heterocycles. The van der Waals surface area contributed by atoms with E-state index in [9.17, 15) is 15.3 Å². The molecule has 84 valence electrons. The number of hydrogen-bond donors (Lipinski definition) is 5. The lowest BCUT2D eigenvalue weighted by molar-refractivity contribution is -0.244. The summed E-state index contributed by atoms with van der Waals surface area (Å²) in [6.07, 6.45) is -1.12. The number of aromatic amines is 1. The van der Waals surface area contributed by atoms with E-state index >= 15 is 0 Å². The van der Waals surface area contributed by atoms with Crippen LogP contribution in [0.4, 0.5) is 0 Å². The molecular weight excluding hydrogens is 204 g/mol. The molecule has 0 aromatic carbocycles. The molecule has 0 radical (unpaired) electrons. The number of aromatic nitrogens is 2. The van der Waals surface area contributed by atoms with Gasteiger partial charge in [0.1, 0.15) is 18.3 Å². The molecule has 2 heterocycles. The molecule has 1 aromatic heterocycles. The van der Waals surface area contributed by atoms with Crippen molar-refractivity contribution in [3.05, 3.63) is 18.2 Å². The van der Waals surface area contributed by atoms with Crippen molar-refractivity contribution < 1.29 is 25.2 Å². The van der Waals surface area contributed by atoms with E-state index in [1.165, 1.54) is 12.4 Å². The zero-order chi connectivity index (χ0) is 11.1. The second-order valence-electron chi connectivity index (χ2n) is 3.41. The molecule has 2 rings (SSSR count). The first-order chi connectivity index (χ1) is 7.09. The van der Waals surface area contributed by atoms with Crippen LogP contribution in [0, 0.1) is 0 Å². The van der Waals surface area contributed by atoms with Crippen LogP contribution in [-0.2, 0) is 10.5 Å². The average Bonchev–Trinajstić information content (AvgIpc) is 2.82. The lowest BCUT2D eigenvalue weighted by atomic mass is 10.1. The molecule has 7 nitrogen and oxygen atoms in total. The third kappa shape index (κ3) is 1.45. The van der Waals surface area contributed by atoms with Gasteiger partial charge >= 0.3 is 0 Å². The van der Waals surface area contributed by atoms with Gasteiger partial charge in [-0.1, -0.05) is 0 Å². The van der Waals surface area contributed by atoms with E-state index in [-0.39, 0.29) is 5.82 Å². The Bertz CT molecular complexity index is 330. The molecule has 0 spiro atoms. The number of aliphatic hydroxyl groups is 4. The smallest absolute Gasteiger partial charge is 0.255 e. The van der Waals surface area contributed by atoms with Crippen molar-refractivity contribution in [2.45, 2.75) is 24.1 Å². The minimum atomic E-state index is -2.10. The first-order valence-electron chi connectivity index (χ1n) is 4.46. The Morgan fingerprint density at radius 3 is 2.73 bits per heavy atom. The molecule has 4 atom stereocenters. The van der Waals surface area contributed by atoms with Crippen molar-refractivity contribution in [3.8, 4) is 0 Å². The van der Waals surface area contributed by atoms with E-state index in [4.69, 9.17) is 9.84 Å². The van der Waals surface area contributed by atoms with Crippen LogP contribution in [-0.4, -0.2) is 55.3 Å². The number of rotatable bonds is 2. The number of H-pyrrole nitrogens is 1. The third-order valence-electron chi connectivity index (χ3n) is 2.45. The van der Waals surface area contributed by atoms with Gasteiger partial charge in [-0.15, -0.1) is 0 Å². The first kappa shape index (κ1) is 10.5. The van der Waals surface area contributed by atoms with Crippen molar-refractivity contribution >= 4 is 0 Å². The van der Waals surface area contributed by atoms with Gasteiger partial charge in [-0.3, -0.25) is 0 Å². The van der Waals surface area contributed by atoms with Gasteiger partial charge in [0, 0.05) is 12.4 Å². The van der Waals surface area contributed by atoms with Gasteiger partial charge < -0.3 is 30.1 Å². The summed E-state index contributed by atoms with van der Waals surface area (Å²) in [6.45, 7) is -0.499. The van der Waals surface area contributed by atoms with Crippen LogP contribution in [0.1, 0.15) is 5.82 Å². The van der Waals surface area contributed by atoms with Gasteiger partial charge in [-0.2, -0.15) is 0 Å². The van der Waals surface area contributed by atoms with Crippen molar-refractivity contribution in [2.75, 3.05) is 6.61 Å². The minimum Gasteiger partial charge on any atom is -0.394 e. The van der Waals surface area contributed by atoms with E-state index in [2.05, 4.69) is 9.97 Å². The standard InChI is InChI=1S/C8H12N2O5/c11-3-4-5(12)6(13)8(14,15-4)7-9-1-2-10-7/h1-2,4-6,11-14H,3H2,(H,9,10)/t4-,5-,6-,8-/m1/s1. The number of hydrogen-bond acceptors (Lipinski definition) is 6. The number of nitrogens with zero attached hydrogens (tertiary/aromatic N) is 1. The first-order valence-corrected chi connectivity index (χ1v) is 4.46. The Kier molecular flexibility index (Phi) is 2.49. The number of ether oxygens (including phenoxy) is 1. The summed E-state index contributed by atoms with van der Waals surface area (Å²) in [5, 5.41) is 37.9. The van der Waals surface area contributed by atoms with E-state index < -0.39 is 30.7 Å². The van der Waals surface area contributed by atoms with Gasteiger partial charge in [-0.25, -0.2) is 4.98 Å². The largest absolute Gasteiger partial charge is 0.394 e. The summed E-state index contributed by atoms with van der Waals surface area (Å²) in [6, 6.07) is 0. The zero-order valence-electron chi connectivity index (χ0n) is 7.74. The summed E-state index contributed by atoms with van der Waals surface area (Å²) in [5.74, 6) is -2.11. The third-order valence-corrected chi connectivity index (χ3v) is 2.45. The molecular formula is C8H12N2O5. The second-order valence-corrected chi connectivity index (χ2v) is 3.41. The molecule has 0 unspecified atom stereocenters. The molecule has 1 aromatic rings. The Morgan fingerprint density at radius 1 is 1.53 bits per heavy atom. The molecule has 5 N–H and O–H groups in total. The highest BCUT2D eigenvalue weighted by atomic mass is 16.7. The number of nitrogens with one attached hydrogen (secondary N) is 1. The fourth-order valence-electron chi connectivity index (χ4n) is 1.61. The Labute approximate surface area is 85.0 Å². The topological polar surface area (TPSA) is 119 Å². The van der Waals surface area contributed by atoms with Gasteiger partial charge in [0.15, 0.2) is 5.82 Å². The molecule has 0 saturated carbocycles. The highest BCUT2D eigenvalue weighted by molar-refractivity contribution is 5.07. The fraction of sp³-hybridized carbons (Fsp3) is 0.625. The summed E-state index contributed by atoms with van der Waals surface area (Å²) >= 11 is 0.